The van der Waals surface area contributed by atoms with Gasteiger partial charge in [-0.1, -0.05) is 30.3 Å². The third-order valence-electron chi connectivity index (χ3n) is 5.30. The van der Waals surface area contributed by atoms with Crippen LogP contribution in [-0.2, 0) is 11.4 Å². The zero-order valence-electron chi connectivity index (χ0n) is 19.5. The fraction of sp³-hybridized carbons (Fsp3) is 0.222. The molecule has 3 aromatic carbocycles. The van der Waals surface area contributed by atoms with Crippen LogP contribution in [0.5, 0.6) is 5.75 Å². The van der Waals surface area contributed by atoms with Crippen LogP contribution in [0.25, 0.3) is 0 Å². The molecule has 7 nitrogen and oxygen atoms in total. The van der Waals surface area contributed by atoms with Crippen LogP contribution in [0.15, 0.2) is 72.8 Å². The zero-order chi connectivity index (χ0) is 25.0. The van der Waals surface area contributed by atoms with Crippen molar-refractivity contribution in [3.63, 3.8) is 0 Å². The van der Waals surface area contributed by atoms with Crippen molar-refractivity contribution in [3.8, 4) is 11.8 Å². The second-order valence-corrected chi connectivity index (χ2v) is 7.69. The molecule has 0 aromatic heterocycles. The monoisotopic (exact) mass is 474 g/mol. The summed E-state index contributed by atoms with van der Waals surface area (Å²) in [5.74, 6) is -0.712. The highest BCUT2D eigenvalue weighted by atomic mass is 19.1. The molecule has 0 fully saturated rings. The number of benzene rings is 3. The number of ether oxygens (including phenoxy) is 1. The molecule has 2 N–H and O–H groups in total. The van der Waals surface area contributed by atoms with Gasteiger partial charge in [-0.2, -0.15) is 5.26 Å². The number of anilines is 1. The largest absolute Gasteiger partial charge is 0.489 e. The first kappa shape index (κ1) is 25.2. The highest BCUT2D eigenvalue weighted by Crippen LogP contribution is 2.17. The fourth-order valence-electron chi connectivity index (χ4n) is 3.33. The van der Waals surface area contributed by atoms with Crippen molar-refractivity contribution < 1.29 is 18.7 Å². The quantitative estimate of drug-likeness (QED) is 0.439. The molecule has 2 amide bonds. The molecule has 0 radical (unpaired) electrons. The summed E-state index contributed by atoms with van der Waals surface area (Å²) in [6.07, 6.45) is 0. The van der Waals surface area contributed by atoms with Crippen molar-refractivity contribution in [2.75, 3.05) is 31.5 Å². The van der Waals surface area contributed by atoms with Gasteiger partial charge in [-0.15, -0.1) is 0 Å². The summed E-state index contributed by atoms with van der Waals surface area (Å²) in [7, 11) is 0. The molecule has 3 rings (SSSR count). The molecular formula is C27H27FN4O3. The summed E-state index contributed by atoms with van der Waals surface area (Å²) < 4.78 is 19.2. The van der Waals surface area contributed by atoms with Crippen LogP contribution >= 0.6 is 0 Å². The van der Waals surface area contributed by atoms with Crippen LogP contribution in [0.4, 0.5) is 10.1 Å². The Morgan fingerprint density at radius 2 is 1.80 bits per heavy atom. The predicted molar refractivity (Wildman–Crippen MR) is 131 cm³/mol. The second kappa shape index (κ2) is 12.8. The first-order valence-corrected chi connectivity index (χ1v) is 11.3. The summed E-state index contributed by atoms with van der Waals surface area (Å²) in [6.45, 7) is 3.63. The lowest BCUT2D eigenvalue weighted by Crippen LogP contribution is -2.42. The third kappa shape index (κ3) is 7.57. The number of likely N-dealkylation sites (N-methyl/N-ethyl adjacent to an activating group) is 1. The van der Waals surface area contributed by atoms with Gasteiger partial charge in [0.15, 0.2) is 0 Å². The Kier molecular flexibility index (Phi) is 9.20. The van der Waals surface area contributed by atoms with E-state index in [-0.39, 0.29) is 23.6 Å². The molecule has 0 bridgehead atoms. The maximum atomic E-state index is 13.4. The third-order valence-corrected chi connectivity index (χ3v) is 5.30. The molecule has 35 heavy (non-hydrogen) atoms. The SMILES string of the molecule is CCN(CCNc1ccc(OCc2ccccc2)cc1)C(=O)CNC(=O)c1ccc(F)c(C#N)c1. The molecular weight excluding hydrogens is 447 g/mol. The van der Waals surface area contributed by atoms with Gasteiger partial charge in [0.05, 0.1) is 12.1 Å². The minimum atomic E-state index is -0.695. The summed E-state index contributed by atoms with van der Waals surface area (Å²) in [5.41, 5.74) is 1.90. The number of carbonyl (C=O) groups excluding carboxylic acids is 2. The van der Waals surface area contributed by atoms with Crippen LogP contribution in [0.2, 0.25) is 0 Å². The highest BCUT2D eigenvalue weighted by molar-refractivity contribution is 5.96. The zero-order valence-corrected chi connectivity index (χ0v) is 19.5. The molecule has 0 saturated heterocycles. The van der Waals surface area contributed by atoms with Gasteiger partial charge in [0.25, 0.3) is 5.91 Å². The van der Waals surface area contributed by atoms with Crippen molar-refractivity contribution in [1.82, 2.24) is 10.2 Å². The molecule has 0 aliphatic heterocycles. The number of amides is 2. The van der Waals surface area contributed by atoms with E-state index in [0.717, 1.165) is 29.1 Å². The summed E-state index contributed by atoms with van der Waals surface area (Å²) in [6, 6.07) is 22.7. The van der Waals surface area contributed by atoms with Crippen LogP contribution in [0.1, 0.15) is 28.4 Å². The molecule has 0 unspecified atom stereocenters. The maximum Gasteiger partial charge on any atom is 0.251 e. The van der Waals surface area contributed by atoms with Gasteiger partial charge in [-0.05, 0) is 55.0 Å². The lowest BCUT2D eigenvalue weighted by Gasteiger charge is -2.21. The highest BCUT2D eigenvalue weighted by Gasteiger charge is 2.15. The molecule has 0 atom stereocenters. The van der Waals surface area contributed by atoms with Gasteiger partial charge in [0.2, 0.25) is 5.91 Å². The minimum absolute atomic E-state index is 0.122. The molecule has 0 heterocycles. The normalized spacial score (nSPS) is 10.2. The smallest absolute Gasteiger partial charge is 0.251 e. The van der Waals surface area contributed by atoms with E-state index < -0.39 is 11.7 Å². The van der Waals surface area contributed by atoms with Crippen molar-refractivity contribution >= 4 is 17.5 Å². The Morgan fingerprint density at radius 1 is 1.06 bits per heavy atom. The molecule has 180 valence electrons. The lowest BCUT2D eigenvalue weighted by molar-refractivity contribution is -0.129. The number of halogens is 1. The van der Waals surface area contributed by atoms with E-state index in [1.807, 2.05) is 61.5 Å². The molecule has 0 aliphatic carbocycles. The second-order valence-electron chi connectivity index (χ2n) is 7.69. The number of nitrogens with one attached hydrogen (secondary N) is 2. The number of nitrogens with zero attached hydrogens (tertiary/aromatic N) is 2. The van der Waals surface area contributed by atoms with E-state index in [9.17, 15) is 14.0 Å². The Hall–Kier alpha value is -4.38. The Morgan fingerprint density at radius 3 is 2.49 bits per heavy atom. The van der Waals surface area contributed by atoms with Crippen LogP contribution in [0.3, 0.4) is 0 Å². The van der Waals surface area contributed by atoms with E-state index in [1.165, 1.54) is 6.07 Å². The molecule has 0 spiro atoms. The van der Waals surface area contributed by atoms with E-state index in [2.05, 4.69) is 10.6 Å². The Bertz CT molecular complexity index is 1180. The molecule has 3 aromatic rings. The number of carbonyl (C=O) groups is 2. The number of nitriles is 1. The average Bonchev–Trinajstić information content (AvgIpc) is 2.90. The van der Waals surface area contributed by atoms with Crippen LogP contribution < -0.4 is 15.4 Å². The van der Waals surface area contributed by atoms with Crippen molar-refractivity contribution in [2.24, 2.45) is 0 Å². The minimum Gasteiger partial charge on any atom is -0.489 e. The van der Waals surface area contributed by atoms with Crippen molar-refractivity contribution in [1.29, 1.82) is 5.26 Å². The summed E-state index contributed by atoms with van der Waals surface area (Å²) in [5, 5.41) is 14.7. The number of rotatable bonds is 11. The summed E-state index contributed by atoms with van der Waals surface area (Å²) in [4.78, 5) is 26.4. The van der Waals surface area contributed by atoms with E-state index in [1.54, 1.807) is 11.0 Å². The topological polar surface area (TPSA) is 94.5 Å². The van der Waals surface area contributed by atoms with Gasteiger partial charge in [-0.25, -0.2) is 4.39 Å². The van der Waals surface area contributed by atoms with Gasteiger partial charge in [-0.3, -0.25) is 9.59 Å². The number of hydrogen-bond acceptors (Lipinski definition) is 5. The van der Waals surface area contributed by atoms with Crippen LogP contribution in [-0.4, -0.2) is 42.9 Å². The first-order valence-electron chi connectivity index (χ1n) is 11.3. The predicted octanol–water partition coefficient (Wildman–Crippen LogP) is 3.97. The van der Waals surface area contributed by atoms with Gasteiger partial charge >= 0.3 is 0 Å². The van der Waals surface area contributed by atoms with Crippen LogP contribution in [0, 0.1) is 17.1 Å². The van der Waals surface area contributed by atoms with Gasteiger partial charge in [0, 0.05) is 30.9 Å². The standard InChI is InChI=1S/C27H27FN4O3/c1-2-32(26(33)18-31-27(34)21-8-13-25(28)22(16-21)17-29)15-14-30-23-9-11-24(12-10-23)35-19-20-6-4-3-5-7-20/h3-13,16,30H,2,14-15,18-19H2,1H3,(H,31,34). The molecule has 0 saturated carbocycles. The van der Waals surface area contributed by atoms with E-state index in [0.29, 0.717) is 26.2 Å². The lowest BCUT2D eigenvalue weighted by atomic mass is 10.1. The van der Waals surface area contributed by atoms with Crippen molar-refractivity contribution in [2.45, 2.75) is 13.5 Å². The fourth-order valence-corrected chi connectivity index (χ4v) is 3.33. The van der Waals surface area contributed by atoms with Gasteiger partial charge < -0.3 is 20.3 Å². The first-order chi connectivity index (χ1) is 17.0. The maximum absolute atomic E-state index is 13.4. The number of hydrogen-bond donors (Lipinski definition) is 2. The Balaban J connectivity index is 1.41. The molecule has 0 aliphatic rings. The van der Waals surface area contributed by atoms with E-state index in [4.69, 9.17) is 10.00 Å². The van der Waals surface area contributed by atoms with Gasteiger partial charge in [0.1, 0.15) is 24.2 Å². The summed E-state index contributed by atoms with van der Waals surface area (Å²) >= 11 is 0. The van der Waals surface area contributed by atoms with E-state index >= 15 is 0 Å². The van der Waals surface area contributed by atoms with Crippen molar-refractivity contribution in [3.05, 3.63) is 95.3 Å². The molecule has 8 heteroatoms. The average molecular weight is 475 g/mol. The Labute approximate surface area is 204 Å².